The minimum atomic E-state index is -0.915. The Kier molecular flexibility index (Phi) is 5.87. The molecule has 0 spiro atoms. The van der Waals surface area contributed by atoms with Crippen molar-refractivity contribution in [3.63, 3.8) is 0 Å². The van der Waals surface area contributed by atoms with Crippen LogP contribution in [0.25, 0.3) is 6.08 Å². The number of hydrogen-bond donors (Lipinski definition) is 1. The fourth-order valence-corrected chi connectivity index (χ4v) is 3.24. The molecule has 148 valence electrons. The van der Waals surface area contributed by atoms with Crippen LogP contribution in [0.3, 0.4) is 0 Å². The monoisotopic (exact) mass is 382 g/mol. The summed E-state index contributed by atoms with van der Waals surface area (Å²) in [6, 6.07) is 9.65. The molecule has 1 aromatic heterocycles. The molecule has 6 nitrogen and oxygen atoms in total. The van der Waals surface area contributed by atoms with Crippen molar-refractivity contribution in [2.24, 2.45) is 0 Å². The Bertz CT molecular complexity index is 909. The number of carbonyl (C=O) groups excluding carboxylic acids is 2. The summed E-state index contributed by atoms with van der Waals surface area (Å²) in [5.74, 6) is -0.319. The number of esters is 1. The van der Waals surface area contributed by atoms with E-state index < -0.39 is 18.0 Å². The van der Waals surface area contributed by atoms with Gasteiger partial charge in [0.1, 0.15) is 5.75 Å². The number of ether oxygens (including phenoxy) is 2. The van der Waals surface area contributed by atoms with Gasteiger partial charge >= 0.3 is 5.97 Å². The van der Waals surface area contributed by atoms with E-state index in [4.69, 9.17) is 9.47 Å². The second-order valence-corrected chi connectivity index (χ2v) is 7.06. The first-order chi connectivity index (χ1) is 13.4. The predicted octanol–water partition coefficient (Wildman–Crippen LogP) is 4.03. The number of aromatic nitrogens is 1. The first-order valence-corrected chi connectivity index (χ1v) is 9.41. The summed E-state index contributed by atoms with van der Waals surface area (Å²) >= 11 is 0. The van der Waals surface area contributed by atoms with Crippen molar-refractivity contribution < 1.29 is 19.1 Å². The van der Waals surface area contributed by atoms with Crippen LogP contribution in [0.15, 0.2) is 36.4 Å². The highest BCUT2D eigenvalue weighted by molar-refractivity contribution is 5.96. The number of hydrogen-bond acceptors (Lipinski definition) is 4. The molecule has 1 saturated carbocycles. The number of nitrogens with zero attached hydrogens (tertiary/aromatic N) is 1. The van der Waals surface area contributed by atoms with E-state index in [1.165, 1.54) is 24.6 Å². The Labute approximate surface area is 165 Å². The van der Waals surface area contributed by atoms with Crippen LogP contribution in [-0.2, 0) is 14.3 Å². The van der Waals surface area contributed by atoms with Crippen molar-refractivity contribution >= 4 is 23.6 Å². The summed E-state index contributed by atoms with van der Waals surface area (Å²) in [5.41, 5.74) is 3.91. The molecular formula is C22H26N2O4. The SMILES string of the molecule is COc1cccc(NC(=O)[C@@H](C)OC(=O)/C=C/c2cc(C)n(C3CC3)c2C)c1. The van der Waals surface area contributed by atoms with E-state index >= 15 is 0 Å². The van der Waals surface area contributed by atoms with E-state index in [9.17, 15) is 9.59 Å². The molecule has 3 rings (SSSR count). The summed E-state index contributed by atoms with van der Waals surface area (Å²) in [6.45, 7) is 5.67. The third kappa shape index (κ3) is 4.63. The highest BCUT2D eigenvalue weighted by atomic mass is 16.5. The number of aryl methyl sites for hydroxylation is 1. The fourth-order valence-electron chi connectivity index (χ4n) is 3.24. The molecular weight excluding hydrogens is 356 g/mol. The summed E-state index contributed by atoms with van der Waals surface area (Å²) in [5, 5.41) is 2.71. The molecule has 1 amide bonds. The molecule has 0 saturated heterocycles. The number of carbonyl (C=O) groups is 2. The zero-order chi connectivity index (χ0) is 20.3. The fraction of sp³-hybridized carbons (Fsp3) is 0.364. The van der Waals surface area contributed by atoms with Crippen molar-refractivity contribution in [1.29, 1.82) is 0 Å². The van der Waals surface area contributed by atoms with Crippen LogP contribution in [0, 0.1) is 13.8 Å². The van der Waals surface area contributed by atoms with Gasteiger partial charge in [-0.25, -0.2) is 4.79 Å². The average molecular weight is 382 g/mol. The zero-order valence-electron chi connectivity index (χ0n) is 16.7. The number of benzene rings is 1. The first-order valence-electron chi connectivity index (χ1n) is 9.41. The van der Waals surface area contributed by atoms with Gasteiger partial charge in [-0.1, -0.05) is 6.07 Å². The molecule has 1 fully saturated rings. The van der Waals surface area contributed by atoms with Gasteiger partial charge in [0, 0.05) is 35.3 Å². The summed E-state index contributed by atoms with van der Waals surface area (Å²) in [7, 11) is 1.56. The number of methoxy groups -OCH3 is 1. The van der Waals surface area contributed by atoms with Crippen molar-refractivity contribution in [3.05, 3.63) is 53.4 Å². The van der Waals surface area contributed by atoms with Crippen molar-refractivity contribution in [1.82, 2.24) is 4.57 Å². The maximum absolute atomic E-state index is 12.2. The highest BCUT2D eigenvalue weighted by Crippen LogP contribution is 2.38. The van der Waals surface area contributed by atoms with Crippen LogP contribution >= 0.6 is 0 Å². The van der Waals surface area contributed by atoms with Crippen molar-refractivity contribution in [2.45, 2.75) is 45.8 Å². The number of amides is 1. The third-order valence-electron chi connectivity index (χ3n) is 4.83. The molecule has 6 heteroatoms. The number of nitrogens with one attached hydrogen (secondary N) is 1. The molecule has 1 heterocycles. The van der Waals surface area contributed by atoms with Crippen LogP contribution in [-0.4, -0.2) is 29.7 Å². The second-order valence-electron chi connectivity index (χ2n) is 7.06. The molecule has 2 aromatic rings. The molecule has 1 aliphatic rings. The molecule has 28 heavy (non-hydrogen) atoms. The highest BCUT2D eigenvalue weighted by Gasteiger charge is 2.26. The molecule has 1 N–H and O–H groups in total. The Balaban J connectivity index is 1.57. The molecule has 1 atom stereocenters. The first kappa shape index (κ1) is 19.7. The van der Waals surface area contributed by atoms with Crippen LogP contribution < -0.4 is 10.1 Å². The standard InChI is InChI=1S/C22H26N2O4/c1-14-12-17(15(2)24(14)19-9-10-19)8-11-21(25)28-16(3)22(26)23-18-6-5-7-20(13-18)27-4/h5-8,11-13,16,19H,9-10H2,1-4H3,(H,23,26)/b11-8+/t16-/m1/s1. The van der Waals surface area contributed by atoms with Gasteiger partial charge in [-0.3, -0.25) is 4.79 Å². The van der Waals surface area contributed by atoms with Gasteiger partial charge in [-0.2, -0.15) is 0 Å². The van der Waals surface area contributed by atoms with Crippen LogP contribution in [0.4, 0.5) is 5.69 Å². The van der Waals surface area contributed by atoms with Gasteiger partial charge in [0.15, 0.2) is 6.10 Å². The van der Waals surface area contributed by atoms with E-state index in [1.54, 1.807) is 44.4 Å². The largest absolute Gasteiger partial charge is 0.497 e. The topological polar surface area (TPSA) is 69.6 Å². The zero-order valence-corrected chi connectivity index (χ0v) is 16.7. The molecule has 0 aliphatic heterocycles. The second kappa shape index (κ2) is 8.33. The third-order valence-corrected chi connectivity index (χ3v) is 4.83. The summed E-state index contributed by atoms with van der Waals surface area (Å²) in [4.78, 5) is 24.4. The van der Waals surface area contributed by atoms with Gasteiger partial charge in [-0.15, -0.1) is 0 Å². The van der Waals surface area contributed by atoms with Gasteiger partial charge in [0.2, 0.25) is 0 Å². The number of anilines is 1. The predicted molar refractivity (Wildman–Crippen MR) is 108 cm³/mol. The van der Waals surface area contributed by atoms with Gasteiger partial charge in [0.05, 0.1) is 7.11 Å². The van der Waals surface area contributed by atoms with Crippen LogP contribution in [0.2, 0.25) is 0 Å². The Morgan fingerprint density at radius 2 is 2.00 bits per heavy atom. The minimum absolute atomic E-state index is 0.401. The van der Waals surface area contributed by atoms with E-state index in [-0.39, 0.29) is 0 Å². The van der Waals surface area contributed by atoms with Crippen molar-refractivity contribution in [2.75, 3.05) is 12.4 Å². The van der Waals surface area contributed by atoms with Gasteiger partial charge in [0.25, 0.3) is 5.91 Å². The Hall–Kier alpha value is -3.02. The van der Waals surface area contributed by atoms with E-state index in [2.05, 4.69) is 29.8 Å². The molecule has 0 radical (unpaired) electrons. The van der Waals surface area contributed by atoms with E-state index in [1.807, 2.05) is 0 Å². The summed E-state index contributed by atoms with van der Waals surface area (Å²) < 4.78 is 12.7. The van der Waals surface area contributed by atoms with E-state index in [0.29, 0.717) is 17.5 Å². The molecule has 1 aliphatic carbocycles. The lowest BCUT2D eigenvalue weighted by Gasteiger charge is -2.13. The van der Waals surface area contributed by atoms with Gasteiger partial charge in [-0.05, 0) is 63.5 Å². The lowest BCUT2D eigenvalue weighted by molar-refractivity contribution is -0.148. The normalized spacial score (nSPS) is 14.7. The number of rotatable bonds is 7. The lowest BCUT2D eigenvalue weighted by atomic mass is 10.2. The van der Waals surface area contributed by atoms with Crippen LogP contribution in [0.1, 0.15) is 42.8 Å². The maximum Gasteiger partial charge on any atom is 0.331 e. The van der Waals surface area contributed by atoms with E-state index in [0.717, 1.165) is 11.3 Å². The summed E-state index contributed by atoms with van der Waals surface area (Å²) in [6.07, 6.45) is 4.62. The van der Waals surface area contributed by atoms with Gasteiger partial charge < -0.3 is 19.4 Å². The van der Waals surface area contributed by atoms with Crippen LogP contribution in [0.5, 0.6) is 5.75 Å². The van der Waals surface area contributed by atoms with Crippen molar-refractivity contribution in [3.8, 4) is 5.75 Å². The Morgan fingerprint density at radius 3 is 2.68 bits per heavy atom. The molecule has 0 unspecified atom stereocenters. The maximum atomic E-state index is 12.2. The molecule has 1 aromatic carbocycles. The Morgan fingerprint density at radius 1 is 1.25 bits per heavy atom. The smallest absolute Gasteiger partial charge is 0.331 e. The minimum Gasteiger partial charge on any atom is -0.497 e. The average Bonchev–Trinajstić information content (AvgIpc) is 3.45. The lowest BCUT2D eigenvalue weighted by Crippen LogP contribution is -2.29. The quantitative estimate of drug-likeness (QED) is 0.580. The molecule has 0 bridgehead atoms.